The Morgan fingerprint density at radius 1 is 1.29 bits per heavy atom. The number of urea groups is 1. The van der Waals surface area contributed by atoms with E-state index in [4.69, 9.17) is 16.3 Å². The number of nitrogens with one attached hydrogen (secondary N) is 2. The van der Waals surface area contributed by atoms with Crippen molar-refractivity contribution in [1.82, 2.24) is 20.4 Å². The van der Waals surface area contributed by atoms with Crippen molar-refractivity contribution in [2.75, 3.05) is 32.8 Å². The van der Waals surface area contributed by atoms with Crippen molar-refractivity contribution in [3.63, 3.8) is 0 Å². The largest absolute Gasteiger partial charge is 0.376 e. The number of carbonyl (C=O) groups is 3. The molecule has 1 aromatic rings. The van der Waals surface area contributed by atoms with Crippen LogP contribution < -0.4 is 10.6 Å². The van der Waals surface area contributed by atoms with Crippen molar-refractivity contribution in [2.45, 2.75) is 38.3 Å². The van der Waals surface area contributed by atoms with Gasteiger partial charge in [-0.05, 0) is 37.5 Å². The highest BCUT2D eigenvalue weighted by Crippen LogP contribution is 2.36. The van der Waals surface area contributed by atoms with Crippen LogP contribution >= 0.6 is 11.6 Å². The molecule has 0 saturated carbocycles. The Bertz CT molecular complexity index is 895. The fraction of sp³-hybridized carbons (Fsp3) is 0.500. The second-order valence-corrected chi connectivity index (χ2v) is 8.39. The highest BCUT2D eigenvalue weighted by molar-refractivity contribution is 6.30. The zero-order valence-electron chi connectivity index (χ0n) is 17.5. The lowest BCUT2D eigenvalue weighted by Crippen LogP contribution is -2.47. The third-order valence-corrected chi connectivity index (χ3v) is 6.23. The number of benzene rings is 1. The normalized spacial score (nSPS) is 23.3. The molecule has 4 amide bonds. The summed E-state index contributed by atoms with van der Waals surface area (Å²) in [6.45, 7) is 4.19. The molecule has 2 atom stereocenters. The molecule has 8 nitrogen and oxygen atoms in total. The molecule has 2 N–H and O–H groups in total. The first-order chi connectivity index (χ1) is 15.0. The predicted octanol–water partition coefficient (Wildman–Crippen LogP) is 2.21. The van der Waals surface area contributed by atoms with Gasteiger partial charge in [-0.25, -0.2) is 4.79 Å². The van der Waals surface area contributed by atoms with E-state index >= 15 is 0 Å². The van der Waals surface area contributed by atoms with Gasteiger partial charge in [0.1, 0.15) is 0 Å². The molecule has 0 spiro atoms. The summed E-state index contributed by atoms with van der Waals surface area (Å²) in [7, 11) is 0. The zero-order chi connectivity index (χ0) is 22.0. The van der Waals surface area contributed by atoms with Crippen molar-refractivity contribution < 1.29 is 19.1 Å². The molecular weight excluding hydrogens is 420 g/mol. The predicted molar refractivity (Wildman–Crippen MR) is 115 cm³/mol. The zero-order valence-corrected chi connectivity index (χ0v) is 18.3. The van der Waals surface area contributed by atoms with Crippen LogP contribution in [0.2, 0.25) is 5.02 Å². The Kier molecular flexibility index (Phi) is 6.48. The van der Waals surface area contributed by atoms with Gasteiger partial charge >= 0.3 is 6.03 Å². The van der Waals surface area contributed by atoms with Crippen LogP contribution in [-0.4, -0.2) is 66.5 Å². The number of amides is 4. The van der Waals surface area contributed by atoms with E-state index in [2.05, 4.69) is 10.6 Å². The van der Waals surface area contributed by atoms with Crippen LogP contribution in [0.1, 0.15) is 37.8 Å². The maximum atomic E-state index is 13.3. The van der Waals surface area contributed by atoms with E-state index in [1.54, 1.807) is 21.9 Å². The summed E-state index contributed by atoms with van der Waals surface area (Å²) in [6.07, 6.45) is 2.27. The highest BCUT2D eigenvalue weighted by atomic mass is 35.5. The van der Waals surface area contributed by atoms with E-state index in [-0.39, 0.29) is 30.4 Å². The average Bonchev–Trinajstić information content (AvgIpc) is 3.39. The van der Waals surface area contributed by atoms with Crippen LogP contribution in [0, 0.1) is 0 Å². The first kappa shape index (κ1) is 21.6. The summed E-state index contributed by atoms with van der Waals surface area (Å²) >= 11 is 6.00. The van der Waals surface area contributed by atoms with E-state index in [0.29, 0.717) is 42.5 Å². The van der Waals surface area contributed by atoms with E-state index < -0.39 is 6.04 Å². The van der Waals surface area contributed by atoms with Crippen LogP contribution in [0.15, 0.2) is 35.5 Å². The number of hydrogen-bond acceptors (Lipinski definition) is 4. The standard InChI is InChI=1S/C22H27ClN4O4/c1-2-27-17-13-26(10-9-18(28)24-12-16-4-3-11-31-16)21(29)19(17)20(25-22(27)30)14-5-7-15(23)8-6-14/h5-8,16,20H,2-4,9-13H2,1H3,(H,24,28)(H,25,30). The summed E-state index contributed by atoms with van der Waals surface area (Å²) in [4.78, 5) is 41.4. The molecule has 0 radical (unpaired) electrons. The van der Waals surface area contributed by atoms with Gasteiger partial charge in [0.05, 0.1) is 30.0 Å². The molecule has 166 valence electrons. The summed E-state index contributed by atoms with van der Waals surface area (Å²) in [6, 6.07) is 6.34. The van der Waals surface area contributed by atoms with Gasteiger partial charge in [-0.3, -0.25) is 14.5 Å². The molecule has 3 aliphatic rings. The number of hydrogen-bond donors (Lipinski definition) is 2. The molecule has 9 heteroatoms. The van der Waals surface area contributed by atoms with Gasteiger partial charge in [0.2, 0.25) is 5.91 Å². The van der Waals surface area contributed by atoms with Crippen LogP contribution in [-0.2, 0) is 14.3 Å². The van der Waals surface area contributed by atoms with E-state index in [1.807, 2.05) is 19.1 Å². The van der Waals surface area contributed by atoms with Gasteiger partial charge in [0, 0.05) is 37.7 Å². The van der Waals surface area contributed by atoms with Gasteiger partial charge in [-0.15, -0.1) is 0 Å². The average molecular weight is 447 g/mol. The number of ether oxygens (including phenoxy) is 1. The van der Waals surface area contributed by atoms with Gasteiger partial charge in [0.15, 0.2) is 0 Å². The Morgan fingerprint density at radius 2 is 2.06 bits per heavy atom. The number of rotatable bonds is 7. The highest BCUT2D eigenvalue weighted by Gasteiger charge is 2.43. The topological polar surface area (TPSA) is 91.0 Å². The molecule has 1 fully saturated rings. The van der Waals surface area contributed by atoms with Crippen molar-refractivity contribution in [3.05, 3.63) is 46.1 Å². The van der Waals surface area contributed by atoms with Gasteiger partial charge in [-0.2, -0.15) is 0 Å². The second kappa shape index (κ2) is 9.28. The van der Waals surface area contributed by atoms with Crippen molar-refractivity contribution in [2.24, 2.45) is 0 Å². The third-order valence-electron chi connectivity index (χ3n) is 5.98. The summed E-state index contributed by atoms with van der Waals surface area (Å²) in [5.74, 6) is -0.260. The van der Waals surface area contributed by atoms with Crippen molar-refractivity contribution in [3.8, 4) is 0 Å². The fourth-order valence-electron chi connectivity index (χ4n) is 4.33. The Balaban J connectivity index is 1.44. The Labute approximate surface area is 186 Å². The minimum Gasteiger partial charge on any atom is -0.376 e. The van der Waals surface area contributed by atoms with E-state index in [1.165, 1.54) is 0 Å². The maximum Gasteiger partial charge on any atom is 0.322 e. The minimum atomic E-state index is -0.534. The molecule has 3 aliphatic heterocycles. The molecular formula is C22H27ClN4O4. The molecule has 1 saturated heterocycles. The monoisotopic (exact) mass is 446 g/mol. The summed E-state index contributed by atoms with van der Waals surface area (Å²) in [5, 5.41) is 6.41. The molecule has 0 aliphatic carbocycles. The van der Waals surface area contributed by atoms with Gasteiger partial charge < -0.3 is 20.3 Å². The Hall–Kier alpha value is -2.58. The second-order valence-electron chi connectivity index (χ2n) is 7.95. The lowest BCUT2D eigenvalue weighted by atomic mass is 9.95. The number of likely N-dealkylation sites (N-methyl/N-ethyl adjacent to an activating group) is 1. The van der Waals surface area contributed by atoms with E-state index in [9.17, 15) is 14.4 Å². The maximum absolute atomic E-state index is 13.3. The number of halogens is 1. The number of nitrogens with zero attached hydrogens (tertiary/aromatic N) is 2. The Morgan fingerprint density at radius 3 is 2.74 bits per heavy atom. The number of carbonyl (C=O) groups excluding carboxylic acids is 3. The van der Waals surface area contributed by atoms with Gasteiger partial charge in [0.25, 0.3) is 5.91 Å². The van der Waals surface area contributed by atoms with Crippen LogP contribution in [0.3, 0.4) is 0 Å². The third kappa shape index (κ3) is 4.55. The van der Waals surface area contributed by atoms with Crippen LogP contribution in [0.5, 0.6) is 0 Å². The van der Waals surface area contributed by atoms with Crippen molar-refractivity contribution in [1.29, 1.82) is 0 Å². The van der Waals surface area contributed by atoms with E-state index in [0.717, 1.165) is 25.0 Å². The van der Waals surface area contributed by atoms with Crippen LogP contribution in [0.4, 0.5) is 4.79 Å². The molecule has 1 aromatic carbocycles. The van der Waals surface area contributed by atoms with Crippen molar-refractivity contribution >= 4 is 29.4 Å². The van der Waals surface area contributed by atoms with Crippen LogP contribution in [0.25, 0.3) is 0 Å². The lowest BCUT2D eigenvalue weighted by Gasteiger charge is -2.32. The molecule has 31 heavy (non-hydrogen) atoms. The molecule has 0 bridgehead atoms. The molecule has 2 unspecified atom stereocenters. The molecule has 0 aromatic heterocycles. The quantitative estimate of drug-likeness (QED) is 0.671. The molecule has 3 heterocycles. The summed E-state index contributed by atoms with van der Waals surface area (Å²) in [5.41, 5.74) is 2.06. The van der Waals surface area contributed by atoms with Gasteiger partial charge in [-0.1, -0.05) is 23.7 Å². The lowest BCUT2D eigenvalue weighted by molar-refractivity contribution is -0.127. The first-order valence-electron chi connectivity index (χ1n) is 10.7. The smallest absolute Gasteiger partial charge is 0.322 e. The molecule has 4 rings (SSSR count). The fourth-order valence-corrected chi connectivity index (χ4v) is 4.45. The minimum absolute atomic E-state index is 0.0849. The summed E-state index contributed by atoms with van der Waals surface area (Å²) < 4.78 is 5.52. The SMILES string of the molecule is CCN1C(=O)NC(c2ccc(Cl)cc2)C2=C1CN(CCC(=O)NCC1CCCO1)C2=O. The first-order valence-corrected chi connectivity index (χ1v) is 11.1.